The first-order valence-corrected chi connectivity index (χ1v) is 7.88. The Bertz CT molecular complexity index is 338. The molecule has 0 radical (unpaired) electrons. The summed E-state index contributed by atoms with van der Waals surface area (Å²) in [5.74, 6) is 0.579. The summed E-state index contributed by atoms with van der Waals surface area (Å²) in [5, 5.41) is 2.68. The van der Waals surface area contributed by atoms with E-state index in [2.05, 4.69) is 50.7 Å². The van der Waals surface area contributed by atoms with Gasteiger partial charge in [-0.2, -0.15) is 0 Å². The molecule has 0 aliphatic rings. The van der Waals surface area contributed by atoms with E-state index in [0.717, 1.165) is 22.1 Å². The third-order valence-electron chi connectivity index (χ3n) is 3.16. The summed E-state index contributed by atoms with van der Waals surface area (Å²) in [6, 6.07) is 2.00. The van der Waals surface area contributed by atoms with E-state index in [4.69, 9.17) is 11.6 Å². The Kier molecular flexibility index (Phi) is 5.75. The van der Waals surface area contributed by atoms with E-state index < -0.39 is 0 Å². The van der Waals surface area contributed by atoms with Crippen LogP contribution in [-0.4, -0.2) is 15.6 Å². The topological polar surface area (TPSA) is 12.9 Å². The van der Waals surface area contributed by atoms with Gasteiger partial charge in [0.15, 0.2) is 0 Å². The van der Waals surface area contributed by atoms with Crippen molar-refractivity contribution in [1.82, 2.24) is 4.98 Å². The molecule has 1 heterocycles. The van der Waals surface area contributed by atoms with E-state index in [1.807, 2.05) is 6.07 Å². The summed E-state index contributed by atoms with van der Waals surface area (Å²) in [5.41, 5.74) is 1.37. The highest BCUT2D eigenvalue weighted by Crippen LogP contribution is 2.37. The van der Waals surface area contributed by atoms with Crippen molar-refractivity contribution in [3.8, 4) is 0 Å². The van der Waals surface area contributed by atoms with Crippen molar-refractivity contribution >= 4 is 43.5 Å². The lowest BCUT2D eigenvalue weighted by Gasteiger charge is -2.34. The molecule has 0 saturated heterocycles. The van der Waals surface area contributed by atoms with Crippen LogP contribution < -0.4 is 0 Å². The van der Waals surface area contributed by atoms with Crippen LogP contribution in [0.4, 0.5) is 0 Å². The second-order valence-corrected chi connectivity index (χ2v) is 5.96. The van der Waals surface area contributed by atoms with Crippen LogP contribution in [-0.2, 0) is 6.42 Å². The summed E-state index contributed by atoms with van der Waals surface area (Å²) in [6.07, 6.45) is 4.47. The molecule has 0 amide bonds. The fourth-order valence-electron chi connectivity index (χ4n) is 1.57. The van der Waals surface area contributed by atoms with Gasteiger partial charge >= 0.3 is 0 Å². The molecule has 1 rings (SSSR count). The molecule has 0 aromatic carbocycles. The molecule has 0 aliphatic carbocycles. The van der Waals surface area contributed by atoms with Gasteiger partial charge in [-0.3, -0.25) is 4.98 Å². The first-order chi connectivity index (χ1) is 7.55. The average molecular weight is 370 g/mol. The second kappa shape index (κ2) is 6.36. The first-order valence-electron chi connectivity index (χ1n) is 5.26. The molecule has 0 atom stereocenters. The van der Waals surface area contributed by atoms with Crippen molar-refractivity contribution in [2.24, 2.45) is 11.3 Å². The minimum Gasteiger partial charge on any atom is -0.263 e. The number of hydrogen-bond acceptors (Lipinski definition) is 1. The zero-order valence-electron chi connectivity index (χ0n) is 9.51. The third-order valence-corrected chi connectivity index (χ3v) is 5.73. The highest BCUT2D eigenvalue weighted by atomic mass is 79.9. The minimum atomic E-state index is 0.199. The predicted octanol–water partition coefficient (Wildman–Crippen LogP) is 4.71. The summed E-state index contributed by atoms with van der Waals surface area (Å²) in [4.78, 5) is 4.02. The van der Waals surface area contributed by atoms with Crippen molar-refractivity contribution in [2.75, 3.05) is 10.7 Å². The van der Waals surface area contributed by atoms with Crippen molar-refractivity contribution in [1.29, 1.82) is 0 Å². The largest absolute Gasteiger partial charge is 0.263 e. The van der Waals surface area contributed by atoms with Gasteiger partial charge < -0.3 is 0 Å². The lowest BCUT2D eigenvalue weighted by atomic mass is 9.76. The summed E-state index contributed by atoms with van der Waals surface area (Å²) in [6.45, 7) is 4.50. The molecule has 16 heavy (non-hydrogen) atoms. The monoisotopic (exact) mass is 367 g/mol. The number of rotatable bonds is 5. The zero-order chi connectivity index (χ0) is 12.2. The van der Waals surface area contributed by atoms with Crippen molar-refractivity contribution in [3.63, 3.8) is 0 Å². The van der Waals surface area contributed by atoms with Gasteiger partial charge in [-0.1, -0.05) is 57.3 Å². The SMILES string of the molecule is CC(C)C(CBr)(CBr)Cc1ccncc1Cl. The smallest absolute Gasteiger partial charge is 0.0621 e. The van der Waals surface area contributed by atoms with Crippen LogP contribution in [0.3, 0.4) is 0 Å². The van der Waals surface area contributed by atoms with Gasteiger partial charge in [0, 0.05) is 23.1 Å². The molecule has 1 aromatic rings. The molecule has 0 unspecified atom stereocenters. The molecular formula is C12H16Br2ClN. The molecular weight excluding hydrogens is 353 g/mol. The highest BCUT2D eigenvalue weighted by Gasteiger charge is 2.32. The molecule has 1 aromatic heterocycles. The van der Waals surface area contributed by atoms with Crippen LogP contribution in [0.25, 0.3) is 0 Å². The molecule has 0 aliphatic heterocycles. The van der Waals surface area contributed by atoms with Crippen LogP contribution in [0.1, 0.15) is 19.4 Å². The number of pyridine rings is 1. The normalized spacial score (nSPS) is 12.1. The van der Waals surface area contributed by atoms with Gasteiger partial charge in [0.1, 0.15) is 0 Å². The lowest BCUT2D eigenvalue weighted by molar-refractivity contribution is 0.268. The number of halogens is 3. The Morgan fingerprint density at radius 2 is 2.00 bits per heavy atom. The van der Waals surface area contributed by atoms with Gasteiger partial charge in [-0.05, 0) is 29.4 Å². The van der Waals surface area contributed by atoms with E-state index in [0.29, 0.717) is 5.92 Å². The maximum atomic E-state index is 6.16. The van der Waals surface area contributed by atoms with Crippen LogP contribution in [0.5, 0.6) is 0 Å². The minimum absolute atomic E-state index is 0.199. The maximum Gasteiger partial charge on any atom is 0.0621 e. The van der Waals surface area contributed by atoms with Crippen molar-refractivity contribution in [2.45, 2.75) is 20.3 Å². The molecule has 0 spiro atoms. The molecule has 0 bridgehead atoms. The molecule has 0 saturated carbocycles. The van der Waals surface area contributed by atoms with Crippen molar-refractivity contribution in [3.05, 3.63) is 29.0 Å². The van der Waals surface area contributed by atoms with Crippen LogP contribution in [0, 0.1) is 11.3 Å². The van der Waals surface area contributed by atoms with Gasteiger partial charge in [-0.25, -0.2) is 0 Å². The Morgan fingerprint density at radius 3 is 2.44 bits per heavy atom. The molecule has 0 fully saturated rings. The Morgan fingerprint density at radius 1 is 1.38 bits per heavy atom. The summed E-state index contributed by atoms with van der Waals surface area (Å²) < 4.78 is 0. The fourth-order valence-corrected chi connectivity index (χ4v) is 4.38. The number of alkyl halides is 2. The number of nitrogens with zero attached hydrogens (tertiary/aromatic N) is 1. The zero-order valence-corrected chi connectivity index (χ0v) is 13.4. The third kappa shape index (κ3) is 3.21. The standard InChI is InChI=1S/C12H16Br2ClN/c1-9(2)12(7-13,8-14)5-10-3-4-16-6-11(10)15/h3-4,6,9H,5,7-8H2,1-2H3. The molecule has 1 nitrogen and oxygen atoms in total. The summed E-state index contributed by atoms with van der Waals surface area (Å²) in [7, 11) is 0. The van der Waals surface area contributed by atoms with Gasteiger partial charge in [-0.15, -0.1) is 0 Å². The van der Waals surface area contributed by atoms with Crippen molar-refractivity contribution < 1.29 is 0 Å². The highest BCUT2D eigenvalue weighted by molar-refractivity contribution is 9.09. The number of hydrogen-bond donors (Lipinski definition) is 0. The Balaban J connectivity index is 2.96. The van der Waals surface area contributed by atoms with Gasteiger partial charge in [0.05, 0.1) is 5.02 Å². The van der Waals surface area contributed by atoms with E-state index in [1.165, 1.54) is 5.56 Å². The van der Waals surface area contributed by atoms with E-state index in [9.17, 15) is 0 Å². The Labute approximate surface area is 119 Å². The van der Waals surface area contributed by atoms with E-state index in [-0.39, 0.29) is 5.41 Å². The van der Waals surface area contributed by atoms with Crippen LogP contribution >= 0.6 is 43.5 Å². The van der Waals surface area contributed by atoms with Gasteiger partial charge in [0.2, 0.25) is 0 Å². The maximum absolute atomic E-state index is 6.16. The van der Waals surface area contributed by atoms with E-state index >= 15 is 0 Å². The molecule has 4 heteroatoms. The van der Waals surface area contributed by atoms with Gasteiger partial charge in [0.25, 0.3) is 0 Å². The second-order valence-electron chi connectivity index (χ2n) is 4.43. The number of aromatic nitrogens is 1. The predicted molar refractivity (Wildman–Crippen MR) is 77.8 cm³/mol. The quantitative estimate of drug-likeness (QED) is 0.685. The molecule has 0 N–H and O–H groups in total. The van der Waals surface area contributed by atoms with Crippen LogP contribution in [0.2, 0.25) is 5.02 Å². The lowest BCUT2D eigenvalue weighted by Crippen LogP contribution is -2.33. The summed E-state index contributed by atoms with van der Waals surface area (Å²) >= 11 is 13.4. The Hall–Kier alpha value is 0.400. The fraction of sp³-hybridized carbons (Fsp3) is 0.583. The average Bonchev–Trinajstić information content (AvgIpc) is 2.28. The van der Waals surface area contributed by atoms with Crippen LogP contribution in [0.15, 0.2) is 18.5 Å². The van der Waals surface area contributed by atoms with E-state index in [1.54, 1.807) is 12.4 Å². The first kappa shape index (κ1) is 14.5. The molecule has 90 valence electrons.